The number of nitrogens with two attached hydrogens (primary N) is 1. The number of thioether (sulfide) groups is 1. The molecule has 27 heavy (non-hydrogen) atoms. The molecule has 5 N–H and O–H groups in total. The van der Waals surface area contributed by atoms with E-state index in [0.29, 0.717) is 8.91 Å². The van der Waals surface area contributed by atoms with Gasteiger partial charge in [0.05, 0.1) is 25.7 Å². The number of H-pyrrole nitrogens is 1. The molecule has 2 amide bonds. The predicted molar refractivity (Wildman–Crippen MR) is 108 cm³/mol. The van der Waals surface area contributed by atoms with Gasteiger partial charge in [-0.2, -0.15) is 0 Å². The molecular weight excluding hydrogens is 386 g/mol. The Bertz CT molecular complexity index is 1120. The zero-order valence-electron chi connectivity index (χ0n) is 14.6. The maximum atomic E-state index is 12.3. The highest BCUT2D eigenvalue weighted by atomic mass is 32.2. The molecule has 1 aromatic carbocycles. The molecule has 0 aliphatic rings. The van der Waals surface area contributed by atoms with Crippen LogP contribution in [0.3, 0.4) is 0 Å². The zero-order chi connectivity index (χ0) is 19.7. The first-order valence-corrected chi connectivity index (χ1v) is 9.75. The minimum absolute atomic E-state index is 0.0470. The molecule has 0 spiro atoms. The van der Waals surface area contributed by atoms with Crippen molar-refractivity contribution >= 4 is 50.8 Å². The van der Waals surface area contributed by atoms with Crippen molar-refractivity contribution in [3.63, 3.8) is 0 Å². The van der Waals surface area contributed by atoms with E-state index >= 15 is 0 Å². The van der Waals surface area contributed by atoms with Gasteiger partial charge in [-0.15, -0.1) is 23.1 Å². The number of carbonyl (C=O) groups is 2. The van der Waals surface area contributed by atoms with E-state index in [1.165, 1.54) is 0 Å². The normalized spacial score (nSPS) is 10.9. The molecule has 3 aromatic rings. The highest BCUT2D eigenvalue weighted by molar-refractivity contribution is 8.02. The number of hydrogen-bond donors (Lipinski definition) is 4. The molecule has 0 atom stereocenters. The van der Waals surface area contributed by atoms with Crippen LogP contribution in [0.15, 0.2) is 33.3 Å². The van der Waals surface area contributed by atoms with Gasteiger partial charge in [0.25, 0.3) is 11.5 Å². The fourth-order valence-electron chi connectivity index (χ4n) is 2.66. The van der Waals surface area contributed by atoms with Gasteiger partial charge < -0.3 is 21.1 Å². The van der Waals surface area contributed by atoms with E-state index in [1.54, 1.807) is 0 Å². The third-order valence-electron chi connectivity index (χ3n) is 3.86. The van der Waals surface area contributed by atoms with Gasteiger partial charge in [0.1, 0.15) is 5.75 Å². The molecule has 9 heteroatoms. The van der Waals surface area contributed by atoms with Crippen molar-refractivity contribution in [2.45, 2.75) is 18.1 Å². The second-order valence-corrected chi connectivity index (χ2v) is 8.27. The molecule has 0 saturated heterocycles. The quantitative estimate of drug-likeness (QED) is 0.488. The van der Waals surface area contributed by atoms with Crippen molar-refractivity contribution in [3.8, 4) is 5.75 Å². The third kappa shape index (κ3) is 3.99. The molecule has 0 aliphatic carbocycles. The van der Waals surface area contributed by atoms with Gasteiger partial charge >= 0.3 is 0 Å². The van der Waals surface area contributed by atoms with E-state index in [0.717, 1.165) is 46.0 Å². The van der Waals surface area contributed by atoms with Crippen molar-refractivity contribution in [2.75, 3.05) is 11.1 Å². The number of carbonyl (C=O) groups excluding carboxylic acids is 2. The van der Waals surface area contributed by atoms with Crippen molar-refractivity contribution in [1.29, 1.82) is 0 Å². The Hall–Kier alpha value is -2.78. The van der Waals surface area contributed by atoms with Crippen LogP contribution in [0, 0.1) is 13.8 Å². The van der Waals surface area contributed by atoms with Crippen LogP contribution >= 0.6 is 23.1 Å². The van der Waals surface area contributed by atoms with Gasteiger partial charge in [-0.05, 0) is 25.5 Å². The smallest absolute Gasteiger partial charge is 0.252 e. The number of amides is 2. The summed E-state index contributed by atoms with van der Waals surface area (Å²) in [6, 6.07) is 6.75. The molecule has 3 rings (SSSR count). The summed E-state index contributed by atoms with van der Waals surface area (Å²) in [5, 5.41) is 12.8. The number of benzene rings is 1. The summed E-state index contributed by atoms with van der Waals surface area (Å²) in [6.07, 6.45) is 0. The van der Waals surface area contributed by atoms with E-state index in [-0.39, 0.29) is 28.5 Å². The molecule has 140 valence electrons. The molecule has 0 aliphatic heterocycles. The molecule has 2 heterocycles. The summed E-state index contributed by atoms with van der Waals surface area (Å²) in [5.74, 6) is -1.16. The number of aromatic nitrogens is 1. The van der Waals surface area contributed by atoms with Crippen molar-refractivity contribution < 1.29 is 14.7 Å². The minimum atomic E-state index is -0.736. The minimum Gasteiger partial charge on any atom is -0.506 e. The number of rotatable bonds is 5. The lowest BCUT2D eigenvalue weighted by atomic mass is 10.1. The van der Waals surface area contributed by atoms with Crippen LogP contribution in [0.25, 0.3) is 10.2 Å². The Kier molecular flexibility index (Phi) is 5.24. The summed E-state index contributed by atoms with van der Waals surface area (Å²) in [6.45, 7) is 3.88. The second kappa shape index (κ2) is 7.45. The van der Waals surface area contributed by atoms with Crippen LogP contribution in [0.4, 0.5) is 5.69 Å². The Labute approximate surface area is 162 Å². The van der Waals surface area contributed by atoms with E-state index in [2.05, 4.69) is 10.3 Å². The molecule has 0 fully saturated rings. The van der Waals surface area contributed by atoms with Crippen molar-refractivity contribution in [1.82, 2.24) is 4.98 Å². The molecule has 7 nitrogen and oxygen atoms in total. The Morgan fingerprint density at radius 3 is 2.70 bits per heavy atom. The standard InChI is InChI=1S/C18H17N3O4S2/c1-8-3-4-10(9(2)5-8)20-13(24)7-26-18-14(17(19)25)15-16(27-18)11(22)6-12(23)21-15/h3-6H,7H2,1-2H3,(H2,19,25)(H,20,24)(H2,21,22,23). The number of pyridine rings is 1. The molecule has 0 radical (unpaired) electrons. The van der Waals surface area contributed by atoms with E-state index < -0.39 is 11.5 Å². The van der Waals surface area contributed by atoms with Crippen LogP contribution in [0.1, 0.15) is 21.5 Å². The Morgan fingerprint density at radius 1 is 1.30 bits per heavy atom. The summed E-state index contributed by atoms with van der Waals surface area (Å²) in [5.41, 5.74) is 7.97. The summed E-state index contributed by atoms with van der Waals surface area (Å²) in [4.78, 5) is 38.2. The average Bonchev–Trinajstić information content (AvgIpc) is 2.94. The number of aromatic amines is 1. The number of fused-ring (bicyclic) bond motifs is 1. The lowest BCUT2D eigenvalue weighted by Crippen LogP contribution is -2.16. The fraction of sp³-hybridized carbons (Fsp3) is 0.167. The Morgan fingerprint density at radius 2 is 2.04 bits per heavy atom. The van der Waals surface area contributed by atoms with Crippen LogP contribution in [0.5, 0.6) is 5.75 Å². The third-order valence-corrected chi connectivity index (χ3v) is 6.34. The van der Waals surface area contributed by atoms with Gasteiger partial charge in [0.2, 0.25) is 5.91 Å². The molecular formula is C18H17N3O4S2. The number of thiophene rings is 1. The van der Waals surface area contributed by atoms with E-state index in [4.69, 9.17) is 5.73 Å². The van der Waals surface area contributed by atoms with E-state index in [9.17, 15) is 19.5 Å². The molecule has 2 aromatic heterocycles. The molecule has 0 bridgehead atoms. The van der Waals surface area contributed by atoms with Gasteiger partial charge in [0, 0.05) is 11.8 Å². The summed E-state index contributed by atoms with van der Waals surface area (Å²) >= 11 is 2.23. The number of primary amides is 1. The number of nitrogens with one attached hydrogen (secondary N) is 2. The monoisotopic (exact) mass is 403 g/mol. The van der Waals surface area contributed by atoms with Gasteiger partial charge in [0.15, 0.2) is 0 Å². The first-order valence-electron chi connectivity index (χ1n) is 7.94. The van der Waals surface area contributed by atoms with Crippen LogP contribution < -0.4 is 16.6 Å². The Balaban J connectivity index is 1.83. The summed E-state index contributed by atoms with van der Waals surface area (Å²) in [7, 11) is 0. The van der Waals surface area contributed by atoms with Gasteiger partial charge in [-0.1, -0.05) is 17.7 Å². The van der Waals surface area contributed by atoms with Gasteiger partial charge in [-0.25, -0.2) is 0 Å². The first kappa shape index (κ1) is 19.0. The van der Waals surface area contributed by atoms with Crippen molar-refractivity contribution in [3.05, 3.63) is 51.3 Å². The van der Waals surface area contributed by atoms with Gasteiger partial charge in [-0.3, -0.25) is 14.4 Å². The molecule has 0 saturated carbocycles. The zero-order valence-corrected chi connectivity index (χ0v) is 16.2. The predicted octanol–water partition coefficient (Wildman–Crippen LogP) is 2.74. The lowest BCUT2D eigenvalue weighted by molar-refractivity contribution is -0.113. The summed E-state index contributed by atoms with van der Waals surface area (Å²) < 4.78 is 0.811. The fourth-order valence-corrected chi connectivity index (χ4v) is 4.91. The average molecular weight is 403 g/mol. The number of aromatic hydroxyl groups is 1. The molecule has 0 unspecified atom stereocenters. The van der Waals surface area contributed by atoms with Crippen LogP contribution in [0.2, 0.25) is 0 Å². The number of aryl methyl sites for hydroxylation is 2. The van der Waals surface area contributed by atoms with E-state index in [1.807, 2.05) is 32.0 Å². The maximum absolute atomic E-state index is 12.3. The number of anilines is 1. The first-order chi connectivity index (χ1) is 12.8. The topological polar surface area (TPSA) is 125 Å². The highest BCUT2D eigenvalue weighted by Gasteiger charge is 2.21. The maximum Gasteiger partial charge on any atom is 0.252 e. The van der Waals surface area contributed by atoms with Crippen molar-refractivity contribution in [2.24, 2.45) is 5.73 Å². The SMILES string of the molecule is Cc1ccc(NC(=O)CSc2sc3c(O)cc(=O)[nH]c3c2C(N)=O)c(C)c1. The largest absolute Gasteiger partial charge is 0.506 e. The second-order valence-electron chi connectivity index (χ2n) is 6.01. The number of hydrogen-bond acceptors (Lipinski definition) is 6. The lowest BCUT2D eigenvalue weighted by Gasteiger charge is -2.09. The van der Waals surface area contributed by atoms with Crippen LogP contribution in [-0.2, 0) is 4.79 Å². The highest BCUT2D eigenvalue weighted by Crippen LogP contribution is 2.40. The van der Waals surface area contributed by atoms with Crippen LogP contribution in [-0.4, -0.2) is 27.7 Å².